The van der Waals surface area contributed by atoms with Crippen molar-refractivity contribution in [1.82, 2.24) is 4.98 Å². The molecule has 2 nitrogen and oxygen atoms in total. The fourth-order valence-corrected chi connectivity index (χ4v) is 2.00. The number of hydrogen-bond donors (Lipinski definition) is 1. The monoisotopic (exact) mass is 276 g/mol. The molecule has 1 N–H and O–H groups in total. The Kier molecular flexibility index (Phi) is 3.57. The average molecular weight is 277 g/mol. The number of anilines is 1. The zero-order valence-corrected chi connectivity index (χ0v) is 10.7. The number of halogens is 1. The van der Waals surface area contributed by atoms with Gasteiger partial charge in [-0.05, 0) is 42.3 Å². The van der Waals surface area contributed by atoms with Gasteiger partial charge in [-0.3, -0.25) is 4.98 Å². The average Bonchev–Trinajstić information content (AvgIpc) is 2.29. The van der Waals surface area contributed by atoms with Gasteiger partial charge in [0.15, 0.2) is 0 Å². The van der Waals surface area contributed by atoms with Crippen LogP contribution in [0.4, 0.5) is 5.69 Å². The van der Waals surface area contributed by atoms with Gasteiger partial charge < -0.3 is 5.32 Å². The predicted molar refractivity (Wildman–Crippen MR) is 70.4 cm³/mol. The number of aryl methyl sites for hydroxylation is 1. The van der Waals surface area contributed by atoms with Crippen molar-refractivity contribution in [3.8, 4) is 0 Å². The molecule has 0 atom stereocenters. The minimum atomic E-state index is 0.824. The summed E-state index contributed by atoms with van der Waals surface area (Å²) in [5.74, 6) is 0. The van der Waals surface area contributed by atoms with Gasteiger partial charge in [0.1, 0.15) is 0 Å². The molecule has 16 heavy (non-hydrogen) atoms. The Morgan fingerprint density at radius 1 is 1.31 bits per heavy atom. The molecule has 0 amide bonds. The molecule has 0 radical (unpaired) electrons. The van der Waals surface area contributed by atoms with E-state index in [1.54, 1.807) is 6.20 Å². The third-order valence-corrected chi connectivity index (χ3v) is 2.94. The fraction of sp³-hybridized carbons (Fsp3) is 0.154. The number of rotatable bonds is 3. The Bertz CT molecular complexity index is 469. The normalized spacial score (nSPS) is 10.1. The van der Waals surface area contributed by atoms with E-state index < -0.39 is 0 Å². The largest absolute Gasteiger partial charge is 0.380 e. The molecule has 1 aromatic heterocycles. The summed E-state index contributed by atoms with van der Waals surface area (Å²) in [6.45, 7) is 2.94. The summed E-state index contributed by atoms with van der Waals surface area (Å²) in [6, 6.07) is 10.3. The van der Waals surface area contributed by atoms with Crippen LogP contribution >= 0.6 is 15.9 Å². The predicted octanol–water partition coefficient (Wildman–Crippen LogP) is 3.76. The first-order valence-electron chi connectivity index (χ1n) is 5.14. The molecule has 0 aliphatic heterocycles. The molecule has 0 saturated heterocycles. The molecule has 0 spiro atoms. The van der Waals surface area contributed by atoms with Crippen LogP contribution < -0.4 is 5.32 Å². The van der Waals surface area contributed by atoms with E-state index in [2.05, 4.69) is 51.4 Å². The molecule has 0 bridgehead atoms. The number of benzene rings is 1. The van der Waals surface area contributed by atoms with Crippen molar-refractivity contribution in [3.63, 3.8) is 0 Å². The summed E-state index contributed by atoms with van der Waals surface area (Å²) in [6.07, 6.45) is 3.60. The Balaban J connectivity index is 2.05. The summed E-state index contributed by atoms with van der Waals surface area (Å²) in [5.41, 5.74) is 3.63. The summed E-state index contributed by atoms with van der Waals surface area (Å²) >= 11 is 3.46. The smallest absolute Gasteiger partial charge is 0.0529 e. The number of nitrogens with one attached hydrogen (secondary N) is 1. The van der Waals surface area contributed by atoms with Gasteiger partial charge in [0.25, 0.3) is 0 Å². The molecule has 0 aliphatic rings. The van der Waals surface area contributed by atoms with Gasteiger partial charge in [-0.1, -0.05) is 22.0 Å². The van der Waals surface area contributed by atoms with Gasteiger partial charge >= 0.3 is 0 Å². The Morgan fingerprint density at radius 3 is 2.88 bits per heavy atom. The molecule has 2 rings (SSSR count). The minimum Gasteiger partial charge on any atom is -0.380 e. The summed E-state index contributed by atoms with van der Waals surface area (Å²) in [4.78, 5) is 4.06. The van der Waals surface area contributed by atoms with Gasteiger partial charge in [-0.15, -0.1) is 0 Å². The summed E-state index contributed by atoms with van der Waals surface area (Å²) in [7, 11) is 0. The van der Waals surface area contributed by atoms with Gasteiger partial charge in [0.2, 0.25) is 0 Å². The maximum Gasteiger partial charge on any atom is 0.0529 e. The van der Waals surface area contributed by atoms with Crippen molar-refractivity contribution in [2.24, 2.45) is 0 Å². The topological polar surface area (TPSA) is 24.9 Å². The van der Waals surface area contributed by atoms with Crippen molar-refractivity contribution in [3.05, 3.63) is 58.3 Å². The van der Waals surface area contributed by atoms with Crippen LogP contribution in [0.5, 0.6) is 0 Å². The highest BCUT2D eigenvalue weighted by molar-refractivity contribution is 9.10. The van der Waals surface area contributed by atoms with E-state index in [1.165, 1.54) is 11.1 Å². The van der Waals surface area contributed by atoms with Gasteiger partial charge in [-0.25, -0.2) is 0 Å². The number of hydrogen-bond acceptors (Lipinski definition) is 2. The van der Waals surface area contributed by atoms with E-state index in [4.69, 9.17) is 0 Å². The molecule has 3 heteroatoms. The van der Waals surface area contributed by atoms with Crippen molar-refractivity contribution in [2.75, 3.05) is 5.32 Å². The van der Waals surface area contributed by atoms with Gasteiger partial charge in [0, 0.05) is 23.4 Å². The van der Waals surface area contributed by atoms with Crippen LogP contribution in [0.1, 0.15) is 11.1 Å². The SMILES string of the molecule is Cc1cc(Br)ccc1CNc1cccnc1. The first-order valence-corrected chi connectivity index (χ1v) is 5.94. The van der Waals surface area contributed by atoms with E-state index >= 15 is 0 Å². The molecule has 82 valence electrons. The van der Waals surface area contributed by atoms with E-state index in [-0.39, 0.29) is 0 Å². The Hall–Kier alpha value is -1.35. The molecule has 0 saturated carbocycles. The highest BCUT2D eigenvalue weighted by atomic mass is 79.9. The van der Waals surface area contributed by atoms with E-state index in [9.17, 15) is 0 Å². The zero-order valence-electron chi connectivity index (χ0n) is 9.07. The molecular weight excluding hydrogens is 264 g/mol. The first-order chi connectivity index (χ1) is 7.75. The third-order valence-electron chi connectivity index (χ3n) is 2.45. The van der Waals surface area contributed by atoms with Crippen LogP contribution in [0.25, 0.3) is 0 Å². The third kappa shape index (κ3) is 2.83. The Morgan fingerprint density at radius 2 is 2.19 bits per heavy atom. The number of nitrogens with zero attached hydrogens (tertiary/aromatic N) is 1. The van der Waals surface area contributed by atoms with Crippen LogP contribution in [0, 0.1) is 6.92 Å². The van der Waals surface area contributed by atoms with Crippen LogP contribution in [0.3, 0.4) is 0 Å². The van der Waals surface area contributed by atoms with Crippen molar-refractivity contribution < 1.29 is 0 Å². The second-order valence-corrected chi connectivity index (χ2v) is 4.58. The van der Waals surface area contributed by atoms with Gasteiger partial charge in [-0.2, -0.15) is 0 Å². The lowest BCUT2D eigenvalue weighted by Crippen LogP contribution is -2.01. The number of aromatic nitrogens is 1. The maximum atomic E-state index is 4.06. The first kappa shape index (κ1) is 11.1. The lowest BCUT2D eigenvalue weighted by atomic mass is 10.1. The molecule has 2 aromatic rings. The molecule has 1 heterocycles. The number of pyridine rings is 1. The van der Waals surface area contributed by atoms with E-state index in [0.29, 0.717) is 0 Å². The molecule has 0 unspecified atom stereocenters. The summed E-state index contributed by atoms with van der Waals surface area (Å²) in [5, 5.41) is 3.34. The lowest BCUT2D eigenvalue weighted by molar-refractivity contribution is 1.11. The van der Waals surface area contributed by atoms with Crippen LogP contribution in [0.2, 0.25) is 0 Å². The minimum absolute atomic E-state index is 0.824. The fourth-order valence-electron chi connectivity index (χ4n) is 1.52. The molecular formula is C13H13BrN2. The van der Waals surface area contributed by atoms with Gasteiger partial charge in [0.05, 0.1) is 5.69 Å². The molecule has 0 aliphatic carbocycles. The highest BCUT2D eigenvalue weighted by Crippen LogP contribution is 2.17. The van der Waals surface area contributed by atoms with Crippen LogP contribution in [-0.2, 0) is 6.54 Å². The lowest BCUT2D eigenvalue weighted by Gasteiger charge is -2.08. The quantitative estimate of drug-likeness (QED) is 0.923. The van der Waals surface area contributed by atoms with E-state index in [0.717, 1.165) is 16.7 Å². The van der Waals surface area contributed by atoms with Crippen molar-refractivity contribution >= 4 is 21.6 Å². The summed E-state index contributed by atoms with van der Waals surface area (Å²) < 4.78 is 1.12. The van der Waals surface area contributed by atoms with Crippen molar-refractivity contribution in [2.45, 2.75) is 13.5 Å². The second kappa shape index (κ2) is 5.12. The van der Waals surface area contributed by atoms with E-state index in [1.807, 2.05) is 18.3 Å². The Labute approximate surface area is 104 Å². The standard InChI is InChI=1S/C13H13BrN2/c1-10-7-12(14)5-4-11(10)8-16-13-3-2-6-15-9-13/h2-7,9,16H,8H2,1H3. The zero-order chi connectivity index (χ0) is 11.4. The second-order valence-electron chi connectivity index (χ2n) is 3.67. The molecule has 1 aromatic carbocycles. The molecule has 0 fully saturated rings. The van der Waals surface area contributed by atoms with Crippen LogP contribution in [0.15, 0.2) is 47.2 Å². The highest BCUT2D eigenvalue weighted by Gasteiger charge is 1.98. The van der Waals surface area contributed by atoms with Crippen molar-refractivity contribution in [1.29, 1.82) is 0 Å². The maximum absolute atomic E-state index is 4.06. The van der Waals surface area contributed by atoms with Crippen LogP contribution in [-0.4, -0.2) is 4.98 Å².